The summed E-state index contributed by atoms with van der Waals surface area (Å²) in [7, 11) is 0. The first kappa shape index (κ1) is 16.9. The number of rotatable bonds is 4. The van der Waals surface area contributed by atoms with Gasteiger partial charge in [0.05, 0.1) is 12.7 Å². The van der Waals surface area contributed by atoms with Crippen LogP contribution >= 0.6 is 11.3 Å². The molecule has 0 spiro atoms. The van der Waals surface area contributed by atoms with Crippen LogP contribution in [0.15, 0.2) is 29.8 Å². The van der Waals surface area contributed by atoms with Crippen molar-refractivity contribution in [2.75, 3.05) is 19.7 Å². The summed E-state index contributed by atoms with van der Waals surface area (Å²) in [5, 5.41) is 12.6. The Morgan fingerprint density at radius 1 is 1.50 bits per heavy atom. The number of piperidine rings is 1. The first-order valence-corrected chi connectivity index (χ1v) is 9.09. The summed E-state index contributed by atoms with van der Waals surface area (Å²) in [4.78, 5) is 19.9. The molecule has 1 amide bonds. The van der Waals surface area contributed by atoms with Crippen molar-refractivity contribution in [2.45, 2.75) is 32.3 Å². The van der Waals surface area contributed by atoms with Crippen LogP contribution in [-0.2, 0) is 0 Å². The van der Waals surface area contributed by atoms with E-state index in [2.05, 4.69) is 23.4 Å². The van der Waals surface area contributed by atoms with Crippen molar-refractivity contribution in [3.63, 3.8) is 0 Å². The van der Waals surface area contributed by atoms with E-state index in [9.17, 15) is 9.90 Å². The molecule has 0 aliphatic carbocycles. The van der Waals surface area contributed by atoms with E-state index in [1.165, 1.54) is 10.4 Å². The van der Waals surface area contributed by atoms with Crippen LogP contribution in [0.3, 0.4) is 0 Å². The third kappa shape index (κ3) is 3.30. The van der Waals surface area contributed by atoms with Gasteiger partial charge < -0.3 is 14.7 Å². The summed E-state index contributed by atoms with van der Waals surface area (Å²) >= 11 is 1.68. The number of carbonyl (C=O) groups excluding carboxylic acids is 1. The molecule has 0 unspecified atom stereocenters. The minimum Gasteiger partial charge on any atom is -0.477 e. The molecule has 2 aromatic heterocycles. The van der Waals surface area contributed by atoms with Crippen molar-refractivity contribution in [3.05, 3.63) is 45.8 Å². The van der Waals surface area contributed by atoms with Crippen LogP contribution in [0.25, 0.3) is 0 Å². The lowest BCUT2D eigenvalue weighted by molar-refractivity contribution is 0.0383. The zero-order valence-electron chi connectivity index (χ0n) is 13.9. The van der Waals surface area contributed by atoms with Gasteiger partial charge in [-0.25, -0.2) is 4.98 Å². The maximum atomic E-state index is 12.8. The van der Waals surface area contributed by atoms with Crippen LogP contribution < -0.4 is 4.74 Å². The number of carbonyl (C=O) groups is 1. The van der Waals surface area contributed by atoms with Crippen LogP contribution in [0, 0.1) is 6.92 Å². The van der Waals surface area contributed by atoms with E-state index in [-0.39, 0.29) is 11.8 Å². The predicted molar refractivity (Wildman–Crippen MR) is 93.7 cm³/mol. The fourth-order valence-electron chi connectivity index (χ4n) is 3.16. The van der Waals surface area contributed by atoms with Crippen molar-refractivity contribution < 1.29 is 14.6 Å². The average Bonchev–Trinajstić information content (AvgIpc) is 3.01. The Hall–Kier alpha value is -1.92. The van der Waals surface area contributed by atoms with E-state index in [1.54, 1.807) is 34.6 Å². The second-order valence-electron chi connectivity index (χ2n) is 5.97. The van der Waals surface area contributed by atoms with Gasteiger partial charge in [0.2, 0.25) is 5.88 Å². The second-order valence-corrected chi connectivity index (χ2v) is 6.92. The van der Waals surface area contributed by atoms with Crippen LogP contribution in [-0.4, -0.2) is 46.7 Å². The summed E-state index contributed by atoms with van der Waals surface area (Å²) < 4.78 is 5.45. The zero-order valence-corrected chi connectivity index (χ0v) is 14.8. The normalized spacial score (nSPS) is 20.9. The van der Waals surface area contributed by atoms with Gasteiger partial charge in [0.15, 0.2) is 0 Å². The molecular weight excluding hydrogens is 324 g/mol. The number of likely N-dealkylation sites (tertiary alicyclic amines) is 1. The SMILES string of the molecule is CCOc1ncccc1C(=O)N1CC[C@@H](c2sccc2C)[C@H](O)C1. The summed E-state index contributed by atoms with van der Waals surface area (Å²) in [6, 6.07) is 5.53. The van der Waals surface area contributed by atoms with Gasteiger partial charge in [0, 0.05) is 30.1 Å². The number of hydrogen-bond acceptors (Lipinski definition) is 5. The van der Waals surface area contributed by atoms with E-state index >= 15 is 0 Å². The molecule has 128 valence electrons. The molecule has 0 saturated carbocycles. The lowest BCUT2D eigenvalue weighted by atomic mass is 9.90. The topological polar surface area (TPSA) is 62.7 Å². The smallest absolute Gasteiger partial charge is 0.259 e. The molecule has 1 N–H and O–H groups in total. The zero-order chi connectivity index (χ0) is 17.1. The highest BCUT2D eigenvalue weighted by molar-refractivity contribution is 7.10. The van der Waals surface area contributed by atoms with E-state index in [1.807, 2.05) is 6.92 Å². The molecule has 5 nitrogen and oxygen atoms in total. The lowest BCUT2D eigenvalue weighted by Gasteiger charge is -2.36. The first-order valence-electron chi connectivity index (χ1n) is 8.21. The minimum atomic E-state index is -0.549. The minimum absolute atomic E-state index is 0.106. The monoisotopic (exact) mass is 346 g/mol. The quantitative estimate of drug-likeness (QED) is 0.925. The molecule has 24 heavy (non-hydrogen) atoms. The van der Waals surface area contributed by atoms with Gasteiger partial charge in [-0.05, 0) is 49.4 Å². The maximum Gasteiger partial charge on any atom is 0.259 e. The van der Waals surface area contributed by atoms with E-state index in [0.29, 0.717) is 31.1 Å². The fraction of sp³-hybridized carbons (Fsp3) is 0.444. The molecular formula is C18H22N2O3S. The van der Waals surface area contributed by atoms with E-state index in [4.69, 9.17) is 4.74 Å². The van der Waals surface area contributed by atoms with Gasteiger partial charge in [-0.2, -0.15) is 0 Å². The molecule has 0 aromatic carbocycles. The Labute approximate surface area is 145 Å². The third-order valence-electron chi connectivity index (χ3n) is 4.39. The molecule has 2 atom stereocenters. The molecule has 2 aromatic rings. The Morgan fingerprint density at radius 3 is 3.00 bits per heavy atom. The van der Waals surface area contributed by atoms with Gasteiger partial charge in [0.25, 0.3) is 5.91 Å². The molecule has 0 radical (unpaired) electrons. The Kier molecular flexibility index (Phi) is 5.16. The summed E-state index contributed by atoms with van der Waals surface area (Å²) in [6.07, 6.45) is 1.83. The molecule has 1 saturated heterocycles. The van der Waals surface area contributed by atoms with Crippen LogP contribution in [0.1, 0.15) is 40.1 Å². The van der Waals surface area contributed by atoms with Gasteiger partial charge in [-0.15, -0.1) is 11.3 Å². The van der Waals surface area contributed by atoms with Gasteiger partial charge in [0.1, 0.15) is 5.56 Å². The number of aryl methyl sites for hydroxylation is 1. The first-order chi connectivity index (χ1) is 11.6. The molecule has 3 heterocycles. The number of thiophene rings is 1. The lowest BCUT2D eigenvalue weighted by Crippen LogP contribution is -2.45. The average molecular weight is 346 g/mol. The van der Waals surface area contributed by atoms with Crippen molar-refractivity contribution in [2.24, 2.45) is 0 Å². The number of β-amino-alcohol motifs (C(OH)–C–C–N with tert-alkyl or cyclic N) is 1. The highest BCUT2D eigenvalue weighted by Crippen LogP contribution is 2.34. The highest BCUT2D eigenvalue weighted by Gasteiger charge is 2.33. The molecule has 1 aliphatic heterocycles. The van der Waals surface area contributed by atoms with Crippen molar-refractivity contribution >= 4 is 17.2 Å². The number of ether oxygens (including phenoxy) is 1. The summed E-state index contributed by atoms with van der Waals surface area (Å²) in [5.74, 6) is 0.331. The maximum absolute atomic E-state index is 12.8. The van der Waals surface area contributed by atoms with Gasteiger partial charge >= 0.3 is 0 Å². The molecule has 0 bridgehead atoms. The summed E-state index contributed by atoms with van der Waals surface area (Å²) in [6.45, 7) is 5.35. The van der Waals surface area contributed by atoms with Crippen LogP contribution in [0.5, 0.6) is 5.88 Å². The van der Waals surface area contributed by atoms with Crippen LogP contribution in [0.2, 0.25) is 0 Å². The molecule has 1 aliphatic rings. The van der Waals surface area contributed by atoms with E-state index < -0.39 is 6.10 Å². The Balaban J connectivity index is 1.74. The van der Waals surface area contributed by atoms with Crippen molar-refractivity contribution in [3.8, 4) is 5.88 Å². The number of nitrogens with zero attached hydrogens (tertiary/aromatic N) is 2. The number of amides is 1. The van der Waals surface area contributed by atoms with Gasteiger partial charge in [-0.1, -0.05) is 0 Å². The summed E-state index contributed by atoms with van der Waals surface area (Å²) in [5.41, 5.74) is 1.67. The number of aliphatic hydroxyl groups is 1. The number of aliphatic hydroxyl groups excluding tert-OH is 1. The largest absolute Gasteiger partial charge is 0.477 e. The Bertz CT molecular complexity index is 716. The predicted octanol–water partition coefficient (Wildman–Crippen LogP) is 2.84. The molecule has 3 rings (SSSR count). The Morgan fingerprint density at radius 2 is 2.33 bits per heavy atom. The van der Waals surface area contributed by atoms with E-state index in [0.717, 1.165) is 6.42 Å². The second kappa shape index (κ2) is 7.32. The standard InChI is InChI=1S/C18H22N2O3S/c1-3-23-17-14(5-4-8-19-17)18(22)20-9-6-13(15(21)11-20)16-12(2)7-10-24-16/h4-5,7-8,10,13,15,21H,3,6,9,11H2,1-2H3/t13-,15-/m1/s1. The number of pyridine rings is 1. The fourth-order valence-corrected chi connectivity index (χ4v) is 4.28. The highest BCUT2D eigenvalue weighted by atomic mass is 32.1. The number of hydrogen-bond donors (Lipinski definition) is 1. The molecule has 1 fully saturated rings. The van der Waals surface area contributed by atoms with Gasteiger partial charge in [-0.3, -0.25) is 4.79 Å². The van der Waals surface area contributed by atoms with Crippen molar-refractivity contribution in [1.29, 1.82) is 0 Å². The molecule has 6 heteroatoms. The van der Waals surface area contributed by atoms with Crippen LogP contribution in [0.4, 0.5) is 0 Å². The van der Waals surface area contributed by atoms with Crippen molar-refractivity contribution in [1.82, 2.24) is 9.88 Å². The number of aromatic nitrogens is 1. The third-order valence-corrected chi connectivity index (χ3v) is 5.54.